The van der Waals surface area contributed by atoms with Gasteiger partial charge in [-0.2, -0.15) is 5.10 Å². The van der Waals surface area contributed by atoms with Gasteiger partial charge in [0.2, 0.25) is 0 Å². The zero-order valence-corrected chi connectivity index (χ0v) is 5.18. The molecule has 0 bridgehead atoms. The molecule has 2 heteroatoms. The molecule has 0 saturated carbocycles. The maximum absolute atomic E-state index is 4.02. The van der Waals surface area contributed by atoms with E-state index in [0.717, 1.165) is 11.4 Å². The summed E-state index contributed by atoms with van der Waals surface area (Å²) in [7, 11) is 3.65. The van der Waals surface area contributed by atoms with Gasteiger partial charge in [0.1, 0.15) is 0 Å². The van der Waals surface area contributed by atoms with E-state index in [1.165, 1.54) is 0 Å². The lowest BCUT2D eigenvalue weighted by Crippen LogP contribution is -1.88. The highest BCUT2D eigenvalue weighted by Gasteiger charge is 1.91. The SMILES string of the molecule is [CH2]n1nc(C)cc1C. The monoisotopic (exact) mass is 109 g/mol. The molecule has 1 heterocycles. The van der Waals surface area contributed by atoms with Gasteiger partial charge in [-0.05, 0) is 19.9 Å². The lowest BCUT2D eigenvalue weighted by Gasteiger charge is -1.87. The van der Waals surface area contributed by atoms with Crippen molar-refractivity contribution in [2.24, 2.45) is 0 Å². The summed E-state index contributed by atoms with van der Waals surface area (Å²) in [4.78, 5) is 0. The van der Waals surface area contributed by atoms with Gasteiger partial charge in [0.25, 0.3) is 0 Å². The summed E-state index contributed by atoms with van der Waals surface area (Å²) in [6.07, 6.45) is 0. The molecule has 0 amide bonds. The van der Waals surface area contributed by atoms with Crippen molar-refractivity contribution in [2.45, 2.75) is 13.8 Å². The van der Waals surface area contributed by atoms with E-state index >= 15 is 0 Å². The van der Waals surface area contributed by atoms with E-state index < -0.39 is 0 Å². The lowest BCUT2D eigenvalue weighted by atomic mass is 10.4. The van der Waals surface area contributed by atoms with Crippen LogP contribution in [0.15, 0.2) is 6.07 Å². The first-order valence-corrected chi connectivity index (χ1v) is 2.54. The first kappa shape index (κ1) is 5.35. The normalized spacial score (nSPS) is 9.88. The molecule has 0 spiro atoms. The summed E-state index contributed by atoms with van der Waals surface area (Å²) >= 11 is 0. The van der Waals surface area contributed by atoms with Crippen LogP contribution in [0.2, 0.25) is 0 Å². The van der Waals surface area contributed by atoms with Crippen molar-refractivity contribution in [1.29, 1.82) is 0 Å². The van der Waals surface area contributed by atoms with Crippen LogP contribution in [0, 0.1) is 20.9 Å². The van der Waals surface area contributed by atoms with Crippen LogP contribution in [0.1, 0.15) is 11.4 Å². The molecular formula is C6H9N2. The first-order chi connectivity index (χ1) is 3.70. The van der Waals surface area contributed by atoms with E-state index in [1.807, 2.05) is 19.9 Å². The zero-order chi connectivity index (χ0) is 6.15. The predicted octanol–water partition coefficient (Wildman–Crippen LogP) is 1.14. The summed E-state index contributed by atoms with van der Waals surface area (Å²) in [5.41, 5.74) is 2.13. The highest BCUT2D eigenvalue weighted by Crippen LogP contribution is 1.97. The quantitative estimate of drug-likeness (QED) is 0.488. The Hall–Kier alpha value is -0.790. The van der Waals surface area contributed by atoms with Gasteiger partial charge in [-0.1, -0.05) is 0 Å². The number of nitrogens with zero attached hydrogens (tertiary/aromatic N) is 2. The second-order valence-electron chi connectivity index (χ2n) is 1.93. The molecule has 0 N–H and O–H groups in total. The average Bonchev–Trinajstić information content (AvgIpc) is 1.85. The Morgan fingerprint density at radius 2 is 2.25 bits per heavy atom. The number of rotatable bonds is 0. The lowest BCUT2D eigenvalue weighted by molar-refractivity contribution is 0.829. The maximum atomic E-state index is 4.02. The molecule has 0 atom stereocenters. The molecule has 0 aromatic carbocycles. The number of hydrogen-bond donors (Lipinski definition) is 0. The van der Waals surface area contributed by atoms with E-state index in [9.17, 15) is 0 Å². The summed E-state index contributed by atoms with van der Waals surface area (Å²) in [5, 5.41) is 4.02. The maximum Gasteiger partial charge on any atom is 0.0608 e. The van der Waals surface area contributed by atoms with Crippen LogP contribution in [-0.2, 0) is 0 Å². The van der Waals surface area contributed by atoms with Crippen molar-refractivity contribution in [3.8, 4) is 0 Å². The number of aromatic nitrogens is 2. The fourth-order valence-electron chi connectivity index (χ4n) is 0.675. The summed E-state index contributed by atoms with van der Waals surface area (Å²) in [6.45, 7) is 3.93. The van der Waals surface area contributed by atoms with Crippen molar-refractivity contribution >= 4 is 0 Å². The predicted molar refractivity (Wildman–Crippen MR) is 32.5 cm³/mol. The average molecular weight is 109 g/mol. The molecule has 2 nitrogen and oxygen atoms in total. The summed E-state index contributed by atoms with van der Waals surface area (Å²) in [5.74, 6) is 0. The molecule has 1 rings (SSSR count). The van der Waals surface area contributed by atoms with Crippen LogP contribution in [0.4, 0.5) is 0 Å². The van der Waals surface area contributed by atoms with Crippen LogP contribution >= 0.6 is 0 Å². The minimum absolute atomic E-state index is 1.03. The van der Waals surface area contributed by atoms with Crippen molar-refractivity contribution < 1.29 is 0 Å². The summed E-state index contributed by atoms with van der Waals surface area (Å²) in [6, 6.07) is 1.99. The fourth-order valence-corrected chi connectivity index (χ4v) is 0.675. The smallest absolute Gasteiger partial charge is 0.0608 e. The Balaban J connectivity index is 3.14. The van der Waals surface area contributed by atoms with Gasteiger partial charge in [-0.15, -0.1) is 0 Å². The largest absolute Gasteiger partial charge is 0.268 e. The van der Waals surface area contributed by atoms with Gasteiger partial charge in [0.05, 0.1) is 12.7 Å². The van der Waals surface area contributed by atoms with Crippen molar-refractivity contribution in [2.75, 3.05) is 0 Å². The molecular weight excluding hydrogens is 100 g/mol. The van der Waals surface area contributed by atoms with Crippen LogP contribution < -0.4 is 0 Å². The molecule has 0 aliphatic carbocycles. The standard InChI is InChI=1S/C6H9N2/c1-5-4-6(2)8(3)7-5/h4H,3H2,1-2H3. The van der Waals surface area contributed by atoms with E-state index in [0.29, 0.717) is 0 Å². The number of hydrogen-bond acceptors (Lipinski definition) is 1. The van der Waals surface area contributed by atoms with Gasteiger partial charge in [0, 0.05) is 5.69 Å². The molecule has 1 radical (unpaired) electrons. The Bertz CT molecular complexity index is 169. The van der Waals surface area contributed by atoms with Crippen molar-refractivity contribution in [1.82, 2.24) is 9.78 Å². The second-order valence-corrected chi connectivity index (χ2v) is 1.93. The molecule has 0 saturated heterocycles. The first-order valence-electron chi connectivity index (χ1n) is 2.54. The molecule has 1 aromatic heterocycles. The Kier molecular flexibility index (Phi) is 1.08. The van der Waals surface area contributed by atoms with Gasteiger partial charge in [-0.3, -0.25) is 4.68 Å². The summed E-state index contributed by atoms with van der Waals surface area (Å²) < 4.78 is 1.62. The molecule has 0 aliphatic heterocycles. The molecule has 1 aromatic rings. The molecule has 0 unspecified atom stereocenters. The minimum atomic E-state index is 1.03. The highest BCUT2D eigenvalue weighted by molar-refractivity contribution is 5.06. The highest BCUT2D eigenvalue weighted by atomic mass is 15.3. The van der Waals surface area contributed by atoms with Gasteiger partial charge in [-0.25, -0.2) is 0 Å². The molecule has 43 valence electrons. The molecule has 0 fully saturated rings. The molecule has 0 aliphatic rings. The topological polar surface area (TPSA) is 17.8 Å². The Labute approximate surface area is 49.1 Å². The van der Waals surface area contributed by atoms with Crippen LogP contribution in [0.3, 0.4) is 0 Å². The Morgan fingerprint density at radius 3 is 2.38 bits per heavy atom. The van der Waals surface area contributed by atoms with Gasteiger partial charge < -0.3 is 0 Å². The third kappa shape index (κ3) is 0.735. The van der Waals surface area contributed by atoms with Gasteiger partial charge in [0.15, 0.2) is 0 Å². The van der Waals surface area contributed by atoms with E-state index in [2.05, 4.69) is 12.1 Å². The van der Waals surface area contributed by atoms with E-state index in [1.54, 1.807) is 4.68 Å². The van der Waals surface area contributed by atoms with Crippen LogP contribution in [-0.4, -0.2) is 9.78 Å². The van der Waals surface area contributed by atoms with Crippen LogP contribution in [0.25, 0.3) is 0 Å². The molecule has 8 heavy (non-hydrogen) atoms. The van der Waals surface area contributed by atoms with Crippen molar-refractivity contribution in [3.63, 3.8) is 0 Å². The minimum Gasteiger partial charge on any atom is -0.268 e. The zero-order valence-electron chi connectivity index (χ0n) is 5.18. The van der Waals surface area contributed by atoms with Gasteiger partial charge >= 0.3 is 0 Å². The van der Waals surface area contributed by atoms with Crippen molar-refractivity contribution in [3.05, 3.63) is 24.5 Å². The van der Waals surface area contributed by atoms with E-state index in [4.69, 9.17) is 0 Å². The number of aryl methyl sites for hydroxylation is 2. The third-order valence-corrected chi connectivity index (χ3v) is 1.10. The fraction of sp³-hybridized carbons (Fsp3) is 0.333. The third-order valence-electron chi connectivity index (χ3n) is 1.10. The second kappa shape index (κ2) is 1.62. The van der Waals surface area contributed by atoms with E-state index in [-0.39, 0.29) is 0 Å². The Morgan fingerprint density at radius 1 is 1.62 bits per heavy atom. The van der Waals surface area contributed by atoms with Crippen LogP contribution in [0.5, 0.6) is 0 Å².